The molecule has 1 aliphatic rings. The molecule has 0 fully saturated rings. The number of ether oxygens (including phenoxy) is 1. The van der Waals surface area contributed by atoms with Crippen molar-refractivity contribution in [1.29, 1.82) is 0 Å². The third-order valence-corrected chi connectivity index (χ3v) is 7.92. The van der Waals surface area contributed by atoms with E-state index in [4.69, 9.17) is 4.74 Å². The summed E-state index contributed by atoms with van der Waals surface area (Å²) in [6, 6.07) is 7.08. The number of benzene rings is 1. The molecule has 1 aliphatic carbocycles. The van der Waals surface area contributed by atoms with E-state index < -0.39 is 0 Å². The maximum absolute atomic E-state index is 13.1. The first-order valence-corrected chi connectivity index (χ1v) is 12.8. The molecule has 3 heterocycles. The van der Waals surface area contributed by atoms with Crippen molar-refractivity contribution >= 4 is 50.6 Å². The standard InChI is InChI=1S/C25H23N3O4S2/c1-3-32-24(31)20-17-9-8-14(2)12-19(17)34-21(20)27-13-18-15-6-4-5-7-16(15)22(29)28(23(18)30)25-26-10-11-33-25/h4-7,10-11,13-14,30H,3,8-9,12H2,1-2H3/t14-/m1/s1. The second-order valence-corrected chi connectivity index (χ2v) is 10.2. The van der Waals surface area contributed by atoms with Gasteiger partial charge in [0.15, 0.2) is 5.13 Å². The second-order valence-electron chi connectivity index (χ2n) is 8.25. The summed E-state index contributed by atoms with van der Waals surface area (Å²) < 4.78 is 6.54. The highest BCUT2D eigenvalue weighted by Gasteiger charge is 2.28. The molecular formula is C25H23N3O4S2. The summed E-state index contributed by atoms with van der Waals surface area (Å²) in [5, 5.41) is 14.8. The first-order valence-electron chi connectivity index (χ1n) is 11.1. The van der Waals surface area contributed by atoms with Gasteiger partial charge in [-0.2, -0.15) is 0 Å². The molecule has 0 amide bonds. The average molecular weight is 494 g/mol. The number of thiophene rings is 1. The number of esters is 1. The number of thiazole rings is 1. The molecule has 0 aliphatic heterocycles. The van der Waals surface area contributed by atoms with Crippen LogP contribution in [0.2, 0.25) is 0 Å². The van der Waals surface area contributed by atoms with Crippen LogP contribution in [-0.2, 0) is 17.6 Å². The molecule has 0 spiro atoms. The van der Waals surface area contributed by atoms with Crippen LogP contribution in [0.1, 0.15) is 46.6 Å². The quantitative estimate of drug-likeness (QED) is 0.302. The van der Waals surface area contributed by atoms with Gasteiger partial charge in [-0.1, -0.05) is 25.1 Å². The van der Waals surface area contributed by atoms with Crippen LogP contribution >= 0.6 is 22.7 Å². The molecule has 7 nitrogen and oxygen atoms in total. The molecule has 5 rings (SSSR count). The van der Waals surface area contributed by atoms with Gasteiger partial charge in [-0.25, -0.2) is 19.3 Å². The van der Waals surface area contributed by atoms with E-state index in [9.17, 15) is 14.7 Å². The number of fused-ring (bicyclic) bond motifs is 2. The number of carbonyl (C=O) groups is 1. The van der Waals surface area contributed by atoms with Crippen LogP contribution in [0.25, 0.3) is 15.9 Å². The fraction of sp³-hybridized carbons (Fsp3) is 0.280. The highest BCUT2D eigenvalue weighted by atomic mass is 32.1. The zero-order valence-electron chi connectivity index (χ0n) is 18.8. The fourth-order valence-electron chi connectivity index (χ4n) is 4.36. The van der Waals surface area contributed by atoms with Crippen LogP contribution in [-0.4, -0.2) is 33.4 Å². The molecule has 3 aromatic heterocycles. The lowest BCUT2D eigenvalue weighted by Crippen LogP contribution is -2.19. The van der Waals surface area contributed by atoms with Crippen molar-refractivity contribution in [3.05, 3.63) is 67.8 Å². The summed E-state index contributed by atoms with van der Waals surface area (Å²) in [5.74, 6) is -0.0635. The molecule has 1 aromatic carbocycles. The van der Waals surface area contributed by atoms with Crippen molar-refractivity contribution in [3.8, 4) is 11.0 Å². The van der Waals surface area contributed by atoms with Gasteiger partial charge in [-0.15, -0.1) is 22.7 Å². The molecule has 1 N–H and O–H groups in total. The number of rotatable bonds is 5. The van der Waals surface area contributed by atoms with Gasteiger partial charge < -0.3 is 9.84 Å². The molecule has 0 saturated carbocycles. The van der Waals surface area contributed by atoms with Gasteiger partial charge in [0, 0.05) is 33.4 Å². The average Bonchev–Trinajstić information content (AvgIpc) is 3.47. The van der Waals surface area contributed by atoms with E-state index in [0.717, 1.165) is 29.7 Å². The Morgan fingerprint density at radius 1 is 1.35 bits per heavy atom. The number of hydrogen-bond acceptors (Lipinski definition) is 8. The van der Waals surface area contributed by atoms with Crippen LogP contribution in [0, 0.1) is 5.92 Å². The van der Waals surface area contributed by atoms with E-state index >= 15 is 0 Å². The summed E-state index contributed by atoms with van der Waals surface area (Å²) >= 11 is 2.75. The molecule has 9 heteroatoms. The number of aromatic hydroxyl groups is 1. The smallest absolute Gasteiger partial charge is 0.341 e. The minimum absolute atomic E-state index is 0.241. The zero-order valence-corrected chi connectivity index (χ0v) is 20.4. The highest BCUT2D eigenvalue weighted by molar-refractivity contribution is 7.16. The van der Waals surface area contributed by atoms with E-state index in [1.54, 1.807) is 36.7 Å². The van der Waals surface area contributed by atoms with Gasteiger partial charge in [0.2, 0.25) is 5.88 Å². The molecular weight excluding hydrogens is 470 g/mol. The lowest BCUT2D eigenvalue weighted by atomic mass is 9.88. The first-order chi connectivity index (χ1) is 16.5. The molecule has 0 saturated heterocycles. The van der Waals surface area contributed by atoms with Gasteiger partial charge in [0.05, 0.1) is 17.7 Å². The van der Waals surface area contributed by atoms with Crippen molar-refractivity contribution in [2.24, 2.45) is 10.9 Å². The van der Waals surface area contributed by atoms with Crippen molar-refractivity contribution in [3.63, 3.8) is 0 Å². The molecule has 34 heavy (non-hydrogen) atoms. The first kappa shape index (κ1) is 22.5. The third kappa shape index (κ3) is 3.84. The van der Waals surface area contributed by atoms with Crippen LogP contribution in [0.4, 0.5) is 5.00 Å². The van der Waals surface area contributed by atoms with E-state index in [-0.39, 0.29) is 24.0 Å². The van der Waals surface area contributed by atoms with Crippen molar-refractivity contribution in [2.45, 2.75) is 33.1 Å². The maximum atomic E-state index is 13.1. The van der Waals surface area contributed by atoms with Gasteiger partial charge in [-0.3, -0.25) is 4.79 Å². The van der Waals surface area contributed by atoms with E-state index in [1.807, 2.05) is 6.07 Å². The van der Waals surface area contributed by atoms with Crippen molar-refractivity contribution in [1.82, 2.24) is 9.55 Å². The monoisotopic (exact) mass is 493 g/mol. The SMILES string of the molecule is CCOC(=O)c1c(N=Cc2c(O)n(-c3nccs3)c(=O)c3ccccc23)sc2c1CC[C@@H](C)C2. The predicted octanol–water partition coefficient (Wildman–Crippen LogP) is 5.27. The molecule has 0 unspecified atom stereocenters. The van der Waals surface area contributed by atoms with E-state index in [1.165, 1.54) is 33.5 Å². The van der Waals surface area contributed by atoms with Crippen LogP contribution in [0.5, 0.6) is 5.88 Å². The van der Waals surface area contributed by atoms with Crippen LogP contribution in [0.15, 0.2) is 45.6 Å². The molecule has 1 atom stereocenters. The zero-order chi connectivity index (χ0) is 23.8. The topological polar surface area (TPSA) is 93.8 Å². The Balaban J connectivity index is 1.69. The lowest BCUT2D eigenvalue weighted by molar-refractivity contribution is 0.0526. The summed E-state index contributed by atoms with van der Waals surface area (Å²) in [6.07, 6.45) is 5.86. The van der Waals surface area contributed by atoms with E-state index in [0.29, 0.717) is 37.9 Å². The number of nitrogens with zero attached hydrogens (tertiary/aromatic N) is 3. The minimum Gasteiger partial charge on any atom is -0.494 e. The maximum Gasteiger partial charge on any atom is 0.341 e. The Morgan fingerprint density at radius 2 is 2.15 bits per heavy atom. The third-order valence-electron chi connectivity index (χ3n) is 6.00. The van der Waals surface area contributed by atoms with Crippen molar-refractivity contribution < 1.29 is 14.6 Å². The number of carbonyl (C=O) groups excluding carboxylic acids is 1. The molecule has 4 aromatic rings. The summed E-state index contributed by atoms with van der Waals surface area (Å²) in [5.41, 5.74) is 1.57. The Labute approximate surface area is 204 Å². The predicted molar refractivity (Wildman–Crippen MR) is 136 cm³/mol. The van der Waals surface area contributed by atoms with Gasteiger partial charge in [0.1, 0.15) is 5.00 Å². The summed E-state index contributed by atoms with van der Waals surface area (Å²) in [6.45, 7) is 4.28. The molecule has 174 valence electrons. The largest absolute Gasteiger partial charge is 0.494 e. The van der Waals surface area contributed by atoms with Gasteiger partial charge in [-0.05, 0) is 43.7 Å². The minimum atomic E-state index is -0.372. The highest BCUT2D eigenvalue weighted by Crippen LogP contribution is 2.42. The van der Waals surface area contributed by atoms with Crippen LogP contribution in [0.3, 0.4) is 0 Å². The normalized spacial score (nSPS) is 15.6. The second kappa shape index (κ2) is 9.15. The van der Waals surface area contributed by atoms with Crippen molar-refractivity contribution in [2.75, 3.05) is 6.61 Å². The fourth-order valence-corrected chi connectivity index (χ4v) is 6.34. The number of aliphatic imine (C=N–C) groups is 1. The van der Waals surface area contributed by atoms with Gasteiger partial charge >= 0.3 is 5.97 Å². The molecule has 0 bridgehead atoms. The summed E-state index contributed by atoms with van der Waals surface area (Å²) in [4.78, 5) is 36.0. The number of aromatic nitrogens is 2. The van der Waals surface area contributed by atoms with Crippen LogP contribution < -0.4 is 5.56 Å². The Morgan fingerprint density at radius 3 is 2.88 bits per heavy atom. The Hall–Kier alpha value is -3.30. The summed E-state index contributed by atoms with van der Waals surface area (Å²) in [7, 11) is 0. The molecule has 0 radical (unpaired) electrons. The Bertz CT molecular complexity index is 1470. The number of hydrogen-bond donors (Lipinski definition) is 1. The van der Waals surface area contributed by atoms with Gasteiger partial charge in [0.25, 0.3) is 5.56 Å². The van der Waals surface area contributed by atoms with E-state index in [2.05, 4.69) is 16.9 Å². The number of pyridine rings is 1. The Kier molecular flexibility index (Phi) is 6.05. The lowest BCUT2D eigenvalue weighted by Gasteiger charge is -2.18.